The number of aryl methyl sites for hydroxylation is 1. The maximum atomic E-state index is 13.1. The van der Waals surface area contributed by atoms with E-state index < -0.39 is 29.6 Å². The molecule has 0 atom stereocenters. The lowest BCUT2D eigenvalue weighted by molar-refractivity contribution is -0.138. The van der Waals surface area contributed by atoms with Crippen LogP contribution in [0.25, 0.3) is 11.8 Å². The maximum Gasteiger partial charge on any atom is 0.416 e. The summed E-state index contributed by atoms with van der Waals surface area (Å²) in [6, 6.07) is 5.82. The number of likely N-dealkylation sites (N-methyl/N-ethyl adjacent to an activating group) is 2. The van der Waals surface area contributed by atoms with Gasteiger partial charge in [0.15, 0.2) is 0 Å². The number of carbonyl (C=O) groups excluding carboxylic acids is 3. The van der Waals surface area contributed by atoms with Crippen molar-refractivity contribution in [1.29, 1.82) is 0 Å². The molecule has 1 aliphatic heterocycles. The molecule has 0 aliphatic carbocycles. The van der Waals surface area contributed by atoms with Gasteiger partial charge in [0, 0.05) is 31.2 Å². The van der Waals surface area contributed by atoms with Crippen molar-refractivity contribution in [2.24, 2.45) is 0 Å². The monoisotopic (exact) mass is 405 g/mol. The van der Waals surface area contributed by atoms with Crippen molar-refractivity contribution in [1.82, 2.24) is 14.4 Å². The maximum absolute atomic E-state index is 13.1. The van der Waals surface area contributed by atoms with E-state index in [0.29, 0.717) is 22.6 Å². The first-order valence-electron chi connectivity index (χ1n) is 8.62. The number of amides is 4. The molecule has 1 aliphatic rings. The average Bonchev–Trinajstić information content (AvgIpc) is 2.94. The molecule has 0 spiro atoms. The third-order valence-corrected chi connectivity index (χ3v) is 4.85. The topological polar surface area (TPSA) is 62.6 Å². The highest BCUT2D eigenvalue weighted by Gasteiger charge is 2.38. The second-order valence-corrected chi connectivity index (χ2v) is 6.78. The number of hydrogen-bond donors (Lipinski definition) is 0. The van der Waals surface area contributed by atoms with E-state index in [1.165, 1.54) is 26.2 Å². The first kappa shape index (κ1) is 20.4. The zero-order chi connectivity index (χ0) is 21.7. The molecule has 1 saturated heterocycles. The number of nitrogens with zero attached hydrogens (tertiary/aromatic N) is 3. The largest absolute Gasteiger partial charge is 0.416 e. The first-order chi connectivity index (χ1) is 13.4. The van der Waals surface area contributed by atoms with Gasteiger partial charge in [0.1, 0.15) is 5.57 Å². The molecule has 0 saturated carbocycles. The minimum atomic E-state index is -4.47. The second kappa shape index (κ2) is 6.91. The molecule has 4 amide bonds. The molecule has 2 heterocycles. The number of carbonyl (C=O) groups is 3. The van der Waals surface area contributed by atoms with Crippen LogP contribution in [-0.2, 0) is 15.8 Å². The summed E-state index contributed by atoms with van der Waals surface area (Å²) in [7, 11) is 2.54. The Hall–Kier alpha value is -3.36. The van der Waals surface area contributed by atoms with E-state index in [-0.39, 0.29) is 5.57 Å². The molecular weight excluding hydrogens is 387 g/mol. The first-order valence-corrected chi connectivity index (χ1v) is 8.62. The Morgan fingerprint density at radius 2 is 1.52 bits per heavy atom. The number of imide groups is 2. The molecule has 0 N–H and O–H groups in total. The van der Waals surface area contributed by atoms with Gasteiger partial charge in [-0.15, -0.1) is 0 Å². The SMILES string of the molecule is Cc1cc(C=C2C(=O)N(C)C(=O)N(C)C2=O)c(C)n1-c1cccc(C(F)(F)F)c1. The number of benzene rings is 1. The summed E-state index contributed by atoms with van der Waals surface area (Å²) in [4.78, 5) is 38.3. The molecule has 9 heteroatoms. The molecule has 6 nitrogen and oxygen atoms in total. The predicted octanol–water partition coefficient (Wildman–Crippen LogP) is 3.55. The van der Waals surface area contributed by atoms with E-state index >= 15 is 0 Å². The fourth-order valence-corrected chi connectivity index (χ4v) is 3.28. The molecule has 152 valence electrons. The Bertz CT molecular complexity index is 1040. The summed E-state index contributed by atoms with van der Waals surface area (Å²) >= 11 is 0. The number of alkyl halides is 3. The number of urea groups is 1. The molecule has 0 unspecified atom stereocenters. The van der Waals surface area contributed by atoms with Crippen molar-refractivity contribution < 1.29 is 27.6 Å². The Morgan fingerprint density at radius 1 is 0.931 bits per heavy atom. The van der Waals surface area contributed by atoms with E-state index in [0.717, 1.165) is 21.9 Å². The van der Waals surface area contributed by atoms with Gasteiger partial charge in [0.25, 0.3) is 11.8 Å². The highest BCUT2D eigenvalue weighted by molar-refractivity contribution is 6.30. The Kier molecular flexibility index (Phi) is 4.86. The fourth-order valence-electron chi connectivity index (χ4n) is 3.28. The van der Waals surface area contributed by atoms with Crippen molar-refractivity contribution in [2.75, 3.05) is 14.1 Å². The highest BCUT2D eigenvalue weighted by Crippen LogP contribution is 2.32. The van der Waals surface area contributed by atoms with Crippen LogP contribution >= 0.6 is 0 Å². The Labute approximate surface area is 164 Å². The Balaban J connectivity index is 2.10. The van der Waals surface area contributed by atoms with E-state index in [9.17, 15) is 27.6 Å². The van der Waals surface area contributed by atoms with Crippen molar-refractivity contribution in [2.45, 2.75) is 20.0 Å². The average molecular weight is 405 g/mol. The molecule has 1 aromatic heterocycles. The van der Waals surface area contributed by atoms with Gasteiger partial charge < -0.3 is 4.57 Å². The van der Waals surface area contributed by atoms with E-state index in [1.807, 2.05) is 0 Å². The van der Waals surface area contributed by atoms with Crippen LogP contribution in [0.1, 0.15) is 22.5 Å². The smallest absolute Gasteiger partial charge is 0.318 e. The minimum absolute atomic E-state index is 0.195. The summed E-state index contributed by atoms with van der Waals surface area (Å²) in [6.07, 6.45) is -3.12. The lowest BCUT2D eigenvalue weighted by atomic mass is 10.1. The summed E-state index contributed by atoms with van der Waals surface area (Å²) in [6.45, 7) is 3.39. The third-order valence-electron chi connectivity index (χ3n) is 4.85. The zero-order valence-corrected chi connectivity index (χ0v) is 16.2. The molecule has 1 fully saturated rings. The van der Waals surface area contributed by atoms with Gasteiger partial charge in [-0.1, -0.05) is 6.07 Å². The predicted molar refractivity (Wildman–Crippen MR) is 99.2 cm³/mol. The van der Waals surface area contributed by atoms with Crippen molar-refractivity contribution in [3.05, 3.63) is 58.4 Å². The minimum Gasteiger partial charge on any atom is -0.318 e. The van der Waals surface area contributed by atoms with Crippen LogP contribution in [0, 0.1) is 13.8 Å². The molecule has 3 rings (SSSR count). The van der Waals surface area contributed by atoms with Gasteiger partial charge in [-0.3, -0.25) is 19.4 Å². The molecule has 29 heavy (non-hydrogen) atoms. The number of halogens is 3. The number of aromatic nitrogens is 1. The van der Waals surface area contributed by atoms with Crippen LogP contribution < -0.4 is 0 Å². The molecule has 1 aromatic carbocycles. The Morgan fingerprint density at radius 3 is 2.07 bits per heavy atom. The van der Waals surface area contributed by atoms with Crippen molar-refractivity contribution in [3.63, 3.8) is 0 Å². The van der Waals surface area contributed by atoms with Gasteiger partial charge in [-0.2, -0.15) is 13.2 Å². The van der Waals surface area contributed by atoms with Crippen molar-refractivity contribution >= 4 is 23.9 Å². The van der Waals surface area contributed by atoms with Crippen LogP contribution in [0.5, 0.6) is 0 Å². The molecule has 2 aromatic rings. The molecular formula is C20H18F3N3O3. The summed E-state index contributed by atoms with van der Waals surface area (Å²) < 4.78 is 40.8. The van der Waals surface area contributed by atoms with Crippen molar-refractivity contribution in [3.8, 4) is 5.69 Å². The highest BCUT2D eigenvalue weighted by atomic mass is 19.4. The van der Waals surface area contributed by atoms with Gasteiger partial charge in [-0.05, 0) is 49.8 Å². The van der Waals surface area contributed by atoms with Crippen LogP contribution in [0.2, 0.25) is 0 Å². The van der Waals surface area contributed by atoms with E-state index in [1.54, 1.807) is 30.5 Å². The second-order valence-electron chi connectivity index (χ2n) is 6.78. The lowest BCUT2D eigenvalue weighted by Gasteiger charge is -2.28. The normalized spacial score (nSPS) is 15.4. The fraction of sp³-hybridized carbons (Fsp3) is 0.250. The van der Waals surface area contributed by atoms with E-state index in [4.69, 9.17) is 0 Å². The number of barbiturate groups is 1. The van der Waals surface area contributed by atoms with Gasteiger partial charge in [-0.25, -0.2) is 4.79 Å². The van der Waals surface area contributed by atoms with Crippen LogP contribution in [0.3, 0.4) is 0 Å². The van der Waals surface area contributed by atoms with Crippen LogP contribution in [-0.4, -0.2) is 46.3 Å². The third kappa shape index (κ3) is 3.43. The molecule has 0 radical (unpaired) electrons. The van der Waals surface area contributed by atoms with Crippen LogP contribution in [0.4, 0.5) is 18.0 Å². The van der Waals surface area contributed by atoms with Crippen LogP contribution in [0.15, 0.2) is 35.9 Å². The number of rotatable bonds is 2. The summed E-state index contributed by atoms with van der Waals surface area (Å²) in [5, 5.41) is 0. The van der Waals surface area contributed by atoms with Gasteiger partial charge >= 0.3 is 12.2 Å². The zero-order valence-electron chi connectivity index (χ0n) is 16.2. The summed E-state index contributed by atoms with van der Waals surface area (Å²) in [5.74, 6) is -1.47. The lowest BCUT2D eigenvalue weighted by Crippen LogP contribution is -2.52. The molecule has 0 bridgehead atoms. The van der Waals surface area contributed by atoms with Gasteiger partial charge in [0.05, 0.1) is 5.56 Å². The standard InChI is InChI=1S/C20H18F3N3O3/c1-11-8-13(9-16-17(27)24(3)19(29)25(4)18(16)28)12(2)26(11)15-7-5-6-14(10-15)20(21,22)23/h5-10H,1-4H3. The van der Waals surface area contributed by atoms with Gasteiger partial charge in [0.2, 0.25) is 0 Å². The quantitative estimate of drug-likeness (QED) is 0.567. The summed E-state index contributed by atoms with van der Waals surface area (Å²) in [5.41, 5.74) is 1.01. The number of hydrogen-bond acceptors (Lipinski definition) is 3. The van der Waals surface area contributed by atoms with E-state index in [2.05, 4.69) is 0 Å².